The summed E-state index contributed by atoms with van der Waals surface area (Å²) in [6.45, 7) is 0.478. The van der Waals surface area contributed by atoms with Gasteiger partial charge in [-0.2, -0.15) is 5.10 Å². The highest BCUT2D eigenvalue weighted by Gasteiger charge is 2.17. The van der Waals surface area contributed by atoms with Crippen molar-refractivity contribution < 1.29 is 4.79 Å². The van der Waals surface area contributed by atoms with Crippen LogP contribution in [0, 0.1) is 0 Å². The van der Waals surface area contributed by atoms with Crippen LogP contribution in [0.2, 0.25) is 0 Å². The van der Waals surface area contributed by atoms with Gasteiger partial charge in [0.05, 0.1) is 6.20 Å². The number of amides is 1. The summed E-state index contributed by atoms with van der Waals surface area (Å²) in [4.78, 5) is 13.5. The molecule has 0 saturated heterocycles. The van der Waals surface area contributed by atoms with Crippen LogP contribution in [0.25, 0.3) is 0 Å². The van der Waals surface area contributed by atoms with Gasteiger partial charge in [0.25, 0.3) is 5.91 Å². The second-order valence-corrected chi connectivity index (χ2v) is 4.64. The van der Waals surface area contributed by atoms with Crippen LogP contribution in [0.4, 0.5) is 5.13 Å². The first-order valence-corrected chi connectivity index (χ1v) is 5.70. The molecule has 2 aromatic heterocycles. The van der Waals surface area contributed by atoms with Crippen LogP contribution in [0.15, 0.2) is 12.4 Å². The fraction of sp³-hybridized carbons (Fsp3) is 0.333. The number of rotatable bonds is 3. The zero-order chi connectivity index (χ0) is 12.4. The smallest absolute Gasteiger partial charge is 0.284 e. The number of aryl methyl sites for hydroxylation is 1. The molecule has 0 unspecified atom stereocenters. The minimum absolute atomic E-state index is 0.192. The average Bonchev–Trinajstić information content (AvgIpc) is 2.87. The van der Waals surface area contributed by atoms with Gasteiger partial charge in [0.1, 0.15) is 0 Å². The van der Waals surface area contributed by atoms with E-state index in [9.17, 15) is 4.79 Å². The molecular formula is C9H12N6OS. The van der Waals surface area contributed by atoms with Crippen molar-refractivity contribution in [3.63, 3.8) is 0 Å². The highest BCUT2D eigenvalue weighted by atomic mass is 32.1. The molecule has 2 rings (SSSR count). The fourth-order valence-corrected chi connectivity index (χ4v) is 1.99. The third kappa shape index (κ3) is 2.59. The number of aromatic nitrogens is 4. The van der Waals surface area contributed by atoms with Gasteiger partial charge in [0, 0.05) is 32.4 Å². The molecule has 90 valence electrons. The van der Waals surface area contributed by atoms with E-state index in [0.29, 0.717) is 16.7 Å². The molecule has 2 N–H and O–H groups in total. The summed E-state index contributed by atoms with van der Waals surface area (Å²) < 4.78 is 1.69. The van der Waals surface area contributed by atoms with E-state index in [1.807, 2.05) is 13.2 Å². The largest absolute Gasteiger partial charge is 0.374 e. The molecule has 2 aromatic rings. The lowest BCUT2D eigenvalue weighted by molar-refractivity contribution is 0.0784. The summed E-state index contributed by atoms with van der Waals surface area (Å²) >= 11 is 1.08. The van der Waals surface area contributed by atoms with Crippen LogP contribution < -0.4 is 5.73 Å². The van der Waals surface area contributed by atoms with E-state index in [4.69, 9.17) is 5.73 Å². The SMILES string of the molecule is CN(Cc1cnn(C)c1)C(=O)c1nnc(N)s1. The Morgan fingerprint density at radius 2 is 2.35 bits per heavy atom. The summed E-state index contributed by atoms with van der Waals surface area (Å²) in [5, 5.41) is 12.0. The summed E-state index contributed by atoms with van der Waals surface area (Å²) in [6.07, 6.45) is 3.58. The Hall–Kier alpha value is -1.96. The predicted octanol–water partition coefficient (Wildman–Crippen LogP) is 0.126. The topological polar surface area (TPSA) is 89.9 Å². The van der Waals surface area contributed by atoms with Crippen molar-refractivity contribution in [1.82, 2.24) is 24.9 Å². The van der Waals surface area contributed by atoms with E-state index in [0.717, 1.165) is 16.9 Å². The quantitative estimate of drug-likeness (QED) is 0.838. The molecule has 0 aliphatic carbocycles. The van der Waals surface area contributed by atoms with Gasteiger partial charge in [0.15, 0.2) is 0 Å². The molecule has 0 fully saturated rings. The number of nitrogen functional groups attached to an aromatic ring is 1. The average molecular weight is 252 g/mol. The van der Waals surface area contributed by atoms with Gasteiger partial charge < -0.3 is 10.6 Å². The van der Waals surface area contributed by atoms with E-state index < -0.39 is 0 Å². The summed E-state index contributed by atoms with van der Waals surface area (Å²) in [5.41, 5.74) is 6.39. The fourth-order valence-electron chi connectivity index (χ4n) is 1.38. The number of hydrogen-bond donors (Lipinski definition) is 1. The summed E-state index contributed by atoms with van der Waals surface area (Å²) in [6, 6.07) is 0. The molecule has 1 amide bonds. The summed E-state index contributed by atoms with van der Waals surface area (Å²) in [5.74, 6) is -0.192. The van der Waals surface area contributed by atoms with Gasteiger partial charge in [-0.3, -0.25) is 9.48 Å². The van der Waals surface area contributed by atoms with E-state index >= 15 is 0 Å². The molecule has 17 heavy (non-hydrogen) atoms. The number of hydrogen-bond acceptors (Lipinski definition) is 6. The molecule has 0 atom stereocenters. The molecule has 0 aromatic carbocycles. The van der Waals surface area contributed by atoms with E-state index in [1.54, 1.807) is 22.8 Å². The van der Waals surface area contributed by atoms with E-state index in [2.05, 4.69) is 15.3 Å². The number of carbonyl (C=O) groups excluding carboxylic acids is 1. The molecule has 0 aliphatic rings. The Morgan fingerprint density at radius 3 is 2.88 bits per heavy atom. The number of carbonyl (C=O) groups is 1. The van der Waals surface area contributed by atoms with Crippen molar-refractivity contribution in [3.8, 4) is 0 Å². The minimum atomic E-state index is -0.192. The molecule has 8 heteroatoms. The Labute approximate surface area is 102 Å². The molecule has 0 spiro atoms. The van der Waals surface area contributed by atoms with Gasteiger partial charge in [-0.15, -0.1) is 10.2 Å². The minimum Gasteiger partial charge on any atom is -0.374 e. The lowest BCUT2D eigenvalue weighted by atomic mass is 10.3. The van der Waals surface area contributed by atoms with Crippen LogP contribution in [0.3, 0.4) is 0 Å². The van der Waals surface area contributed by atoms with Crippen molar-refractivity contribution in [2.45, 2.75) is 6.54 Å². The maximum atomic E-state index is 11.9. The first-order chi connectivity index (χ1) is 8.06. The van der Waals surface area contributed by atoms with Crippen molar-refractivity contribution in [3.05, 3.63) is 23.0 Å². The summed E-state index contributed by atoms with van der Waals surface area (Å²) in [7, 11) is 3.53. The molecular weight excluding hydrogens is 240 g/mol. The highest BCUT2D eigenvalue weighted by Crippen LogP contribution is 2.14. The van der Waals surface area contributed by atoms with Crippen LogP contribution in [-0.2, 0) is 13.6 Å². The lowest BCUT2D eigenvalue weighted by Gasteiger charge is -2.13. The first-order valence-electron chi connectivity index (χ1n) is 4.88. The number of nitrogens with two attached hydrogens (primary N) is 1. The van der Waals surface area contributed by atoms with Crippen LogP contribution in [-0.4, -0.2) is 37.8 Å². The third-order valence-corrected chi connectivity index (χ3v) is 2.89. The molecule has 7 nitrogen and oxygen atoms in total. The second-order valence-electron chi connectivity index (χ2n) is 3.63. The Bertz CT molecular complexity index is 533. The standard InChI is InChI=1S/C9H12N6OS/c1-14(4-6-3-11-15(2)5-6)8(16)7-12-13-9(10)17-7/h3,5H,4H2,1-2H3,(H2,10,13). The molecule has 0 saturated carbocycles. The van der Waals surface area contributed by atoms with Gasteiger partial charge in [0.2, 0.25) is 10.1 Å². The monoisotopic (exact) mass is 252 g/mol. The normalized spacial score (nSPS) is 10.5. The molecule has 0 radical (unpaired) electrons. The Kier molecular flexibility index (Phi) is 3.05. The lowest BCUT2D eigenvalue weighted by Crippen LogP contribution is -2.25. The van der Waals surface area contributed by atoms with Gasteiger partial charge in [-0.25, -0.2) is 0 Å². The van der Waals surface area contributed by atoms with Crippen LogP contribution >= 0.6 is 11.3 Å². The Morgan fingerprint density at radius 1 is 1.59 bits per heavy atom. The number of anilines is 1. The molecule has 2 heterocycles. The molecule has 0 aliphatic heterocycles. The van der Waals surface area contributed by atoms with Gasteiger partial charge in [-0.1, -0.05) is 11.3 Å². The Balaban J connectivity index is 2.05. The zero-order valence-corrected chi connectivity index (χ0v) is 10.3. The molecule has 0 bridgehead atoms. The maximum Gasteiger partial charge on any atom is 0.284 e. The van der Waals surface area contributed by atoms with E-state index in [1.165, 1.54) is 0 Å². The number of nitrogens with zero attached hydrogens (tertiary/aromatic N) is 5. The third-order valence-electron chi connectivity index (χ3n) is 2.15. The van der Waals surface area contributed by atoms with Gasteiger partial charge in [-0.05, 0) is 0 Å². The van der Waals surface area contributed by atoms with Crippen molar-refractivity contribution >= 4 is 22.4 Å². The van der Waals surface area contributed by atoms with Gasteiger partial charge >= 0.3 is 0 Å². The van der Waals surface area contributed by atoms with Crippen molar-refractivity contribution in [1.29, 1.82) is 0 Å². The van der Waals surface area contributed by atoms with E-state index in [-0.39, 0.29) is 5.91 Å². The highest BCUT2D eigenvalue weighted by molar-refractivity contribution is 7.16. The first kappa shape index (κ1) is 11.5. The van der Waals surface area contributed by atoms with Crippen LogP contribution in [0.1, 0.15) is 15.4 Å². The second kappa shape index (κ2) is 4.50. The van der Waals surface area contributed by atoms with Crippen molar-refractivity contribution in [2.75, 3.05) is 12.8 Å². The predicted molar refractivity (Wildman–Crippen MR) is 63.3 cm³/mol. The van der Waals surface area contributed by atoms with Crippen LogP contribution in [0.5, 0.6) is 0 Å². The maximum absolute atomic E-state index is 11.9. The van der Waals surface area contributed by atoms with Crippen molar-refractivity contribution in [2.24, 2.45) is 7.05 Å². The zero-order valence-electron chi connectivity index (χ0n) is 9.49.